The zero-order valence-electron chi connectivity index (χ0n) is 13.0. The van der Waals surface area contributed by atoms with E-state index in [2.05, 4.69) is 0 Å². The van der Waals surface area contributed by atoms with Gasteiger partial charge in [-0.25, -0.2) is 4.79 Å². The third-order valence-corrected chi connectivity index (χ3v) is 5.21. The molecule has 0 radical (unpaired) electrons. The van der Waals surface area contributed by atoms with Gasteiger partial charge in [0, 0.05) is 13.0 Å². The fourth-order valence-electron chi connectivity index (χ4n) is 4.03. The quantitative estimate of drug-likeness (QED) is 0.930. The molecule has 1 heterocycles. The van der Waals surface area contributed by atoms with Crippen LogP contribution in [0.4, 0.5) is 0 Å². The Kier molecular flexibility index (Phi) is 4.19. The molecule has 1 aromatic carbocycles. The number of carbonyl (C=O) groups excluding carboxylic acids is 1. The fourth-order valence-corrected chi connectivity index (χ4v) is 4.03. The number of carboxylic acids is 1. The first-order valence-electron chi connectivity index (χ1n) is 8.14. The smallest absolute Gasteiger partial charge is 0.326 e. The molecule has 3 atom stereocenters. The van der Waals surface area contributed by atoms with Crippen LogP contribution in [0.15, 0.2) is 24.3 Å². The van der Waals surface area contributed by atoms with Gasteiger partial charge in [-0.2, -0.15) is 0 Å². The number of nitrogens with zero attached hydrogens (tertiary/aromatic N) is 1. The van der Waals surface area contributed by atoms with Crippen LogP contribution >= 0.6 is 0 Å². The average molecular weight is 301 g/mol. The van der Waals surface area contributed by atoms with Crippen LogP contribution < -0.4 is 0 Å². The first-order valence-corrected chi connectivity index (χ1v) is 8.14. The van der Waals surface area contributed by atoms with Crippen molar-refractivity contribution in [3.8, 4) is 0 Å². The Hall–Kier alpha value is -1.84. The number of carbonyl (C=O) groups is 2. The maximum absolute atomic E-state index is 12.5. The Labute approximate surface area is 131 Å². The first kappa shape index (κ1) is 15.1. The van der Waals surface area contributed by atoms with Gasteiger partial charge in [-0.15, -0.1) is 0 Å². The molecule has 118 valence electrons. The van der Waals surface area contributed by atoms with Crippen molar-refractivity contribution in [1.29, 1.82) is 0 Å². The lowest BCUT2D eigenvalue weighted by Crippen LogP contribution is -2.43. The van der Waals surface area contributed by atoms with Crippen molar-refractivity contribution in [2.45, 2.75) is 45.1 Å². The summed E-state index contributed by atoms with van der Waals surface area (Å²) in [5.74, 6) is -0.286. The molecular weight excluding hydrogens is 278 g/mol. The molecule has 3 rings (SSSR count). The van der Waals surface area contributed by atoms with Crippen molar-refractivity contribution < 1.29 is 14.7 Å². The summed E-state index contributed by atoms with van der Waals surface area (Å²) < 4.78 is 0. The predicted octanol–water partition coefficient (Wildman–Crippen LogP) is 2.64. The number of carboxylic acid groups (broad SMARTS) is 1. The Morgan fingerprint density at radius 1 is 1.23 bits per heavy atom. The summed E-state index contributed by atoms with van der Waals surface area (Å²) in [4.78, 5) is 25.7. The highest BCUT2D eigenvalue weighted by atomic mass is 16.4. The van der Waals surface area contributed by atoms with Crippen molar-refractivity contribution in [3.63, 3.8) is 0 Å². The van der Waals surface area contributed by atoms with Gasteiger partial charge >= 0.3 is 5.97 Å². The zero-order valence-corrected chi connectivity index (χ0v) is 13.0. The normalized spacial score (nSPS) is 27.0. The van der Waals surface area contributed by atoms with Gasteiger partial charge in [0.2, 0.25) is 5.91 Å². The van der Waals surface area contributed by atoms with E-state index >= 15 is 0 Å². The topological polar surface area (TPSA) is 57.6 Å². The first-order chi connectivity index (χ1) is 10.6. The van der Waals surface area contributed by atoms with Gasteiger partial charge in [-0.3, -0.25) is 4.79 Å². The maximum atomic E-state index is 12.5. The molecule has 1 saturated carbocycles. The Balaban J connectivity index is 1.64. The minimum atomic E-state index is -0.835. The Bertz CT molecular complexity index is 566. The summed E-state index contributed by atoms with van der Waals surface area (Å²) >= 11 is 0. The van der Waals surface area contributed by atoms with Gasteiger partial charge in [-0.1, -0.05) is 36.2 Å². The highest BCUT2D eigenvalue weighted by Gasteiger charge is 2.49. The summed E-state index contributed by atoms with van der Waals surface area (Å²) in [5, 5.41) is 9.50. The summed E-state index contributed by atoms with van der Waals surface area (Å²) in [7, 11) is 0. The van der Waals surface area contributed by atoms with Gasteiger partial charge in [-0.05, 0) is 43.6 Å². The van der Waals surface area contributed by atoms with E-state index in [9.17, 15) is 14.7 Å². The van der Waals surface area contributed by atoms with Crippen molar-refractivity contribution in [2.24, 2.45) is 11.8 Å². The van der Waals surface area contributed by atoms with Crippen molar-refractivity contribution in [2.75, 3.05) is 6.54 Å². The monoisotopic (exact) mass is 301 g/mol. The minimum absolute atomic E-state index is 0.0117. The molecule has 1 amide bonds. The predicted molar refractivity (Wildman–Crippen MR) is 83.5 cm³/mol. The zero-order chi connectivity index (χ0) is 15.7. The van der Waals surface area contributed by atoms with E-state index in [0.717, 1.165) is 24.8 Å². The maximum Gasteiger partial charge on any atom is 0.326 e. The molecule has 4 heteroatoms. The lowest BCUT2D eigenvalue weighted by Gasteiger charge is -2.24. The van der Waals surface area contributed by atoms with Crippen molar-refractivity contribution >= 4 is 11.9 Å². The number of hydrogen-bond acceptors (Lipinski definition) is 2. The third kappa shape index (κ3) is 2.87. The van der Waals surface area contributed by atoms with Crippen LogP contribution in [0.25, 0.3) is 0 Å². The molecule has 1 aliphatic heterocycles. The highest BCUT2D eigenvalue weighted by molar-refractivity contribution is 5.85. The molecule has 22 heavy (non-hydrogen) atoms. The highest BCUT2D eigenvalue weighted by Crippen LogP contribution is 2.42. The van der Waals surface area contributed by atoms with Crippen LogP contribution in [0.2, 0.25) is 0 Å². The second-order valence-electron chi connectivity index (χ2n) is 6.67. The second-order valence-corrected chi connectivity index (χ2v) is 6.67. The average Bonchev–Trinajstić information content (AvgIpc) is 3.06. The van der Waals surface area contributed by atoms with Crippen LogP contribution in [-0.2, 0) is 16.0 Å². The number of aryl methyl sites for hydroxylation is 2. The summed E-state index contributed by atoms with van der Waals surface area (Å²) in [6.45, 7) is 2.67. The Morgan fingerprint density at radius 3 is 2.64 bits per heavy atom. The van der Waals surface area contributed by atoms with Crippen LogP contribution in [-0.4, -0.2) is 34.5 Å². The molecule has 1 aliphatic carbocycles. The number of benzene rings is 1. The van der Waals surface area contributed by atoms with Crippen LogP contribution in [0.5, 0.6) is 0 Å². The minimum Gasteiger partial charge on any atom is -0.480 e. The van der Waals surface area contributed by atoms with E-state index in [4.69, 9.17) is 0 Å². The molecular formula is C18H23NO3. The summed E-state index contributed by atoms with van der Waals surface area (Å²) in [6, 6.07) is 7.56. The third-order valence-electron chi connectivity index (χ3n) is 5.21. The lowest BCUT2D eigenvalue weighted by molar-refractivity contribution is -0.149. The number of aliphatic carboxylic acids is 1. The largest absolute Gasteiger partial charge is 0.480 e. The molecule has 2 fully saturated rings. The lowest BCUT2D eigenvalue weighted by atomic mass is 9.94. The molecule has 1 N–H and O–H groups in total. The van der Waals surface area contributed by atoms with Gasteiger partial charge in [0.05, 0.1) is 0 Å². The van der Waals surface area contributed by atoms with E-state index in [0.29, 0.717) is 25.3 Å². The van der Waals surface area contributed by atoms with E-state index < -0.39 is 12.0 Å². The van der Waals surface area contributed by atoms with Crippen LogP contribution in [0.1, 0.15) is 36.8 Å². The van der Waals surface area contributed by atoms with Gasteiger partial charge in [0.15, 0.2) is 0 Å². The molecule has 0 aromatic heterocycles. The van der Waals surface area contributed by atoms with E-state index in [-0.39, 0.29) is 11.8 Å². The molecule has 1 saturated heterocycles. The van der Waals surface area contributed by atoms with E-state index in [1.54, 1.807) is 4.90 Å². The van der Waals surface area contributed by atoms with Crippen LogP contribution in [0, 0.1) is 18.8 Å². The standard InChI is InChI=1S/C18H23NO3/c1-12-5-7-13(8-6-12)9-10-16(20)19-11-14-3-2-4-15(14)17(19)18(21)22/h5-8,14-15,17H,2-4,9-11H2,1H3,(H,21,22). The molecule has 1 aromatic rings. The van der Waals surface area contributed by atoms with E-state index in [1.807, 2.05) is 31.2 Å². The molecule has 4 nitrogen and oxygen atoms in total. The molecule has 3 unspecified atom stereocenters. The molecule has 0 bridgehead atoms. The van der Waals surface area contributed by atoms with Crippen molar-refractivity contribution in [1.82, 2.24) is 4.90 Å². The number of rotatable bonds is 4. The summed E-state index contributed by atoms with van der Waals surface area (Å²) in [5.41, 5.74) is 2.33. The SMILES string of the molecule is Cc1ccc(CCC(=O)N2CC3CCCC3C2C(=O)O)cc1. The van der Waals surface area contributed by atoms with Gasteiger partial charge in [0.1, 0.15) is 6.04 Å². The number of likely N-dealkylation sites (tertiary alicyclic amines) is 1. The Morgan fingerprint density at radius 2 is 1.95 bits per heavy atom. The summed E-state index contributed by atoms with van der Waals surface area (Å²) in [6.07, 6.45) is 4.19. The van der Waals surface area contributed by atoms with E-state index in [1.165, 1.54) is 5.56 Å². The van der Waals surface area contributed by atoms with Crippen LogP contribution in [0.3, 0.4) is 0 Å². The second kappa shape index (κ2) is 6.11. The van der Waals surface area contributed by atoms with Gasteiger partial charge in [0.25, 0.3) is 0 Å². The van der Waals surface area contributed by atoms with Gasteiger partial charge < -0.3 is 10.0 Å². The molecule has 2 aliphatic rings. The van der Waals surface area contributed by atoms with Crippen molar-refractivity contribution in [3.05, 3.63) is 35.4 Å². The number of hydrogen-bond donors (Lipinski definition) is 1. The number of fused-ring (bicyclic) bond motifs is 1. The number of amides is 1. The fraction of sp³-hybridized carbons (Fsp3) is 0.556. The molecule has 0 spiro atoms.